The molecule has 2 aliphatic rings. The third-order valence-corrected chi connectivity index (χ3v) is 13.6. The first-order valence-corrected chi connectivity index (χ1v) is 21.4. The van der Waals surface area contributed by atoms with Gasteiger partial charge in [-0.1, -0.05) is 120 Å². The molecule has 0 fully saturated rings. The fourth-order valence-electron chi connectivity index (χ4n) is 9.67. The molecule has 0 saturated carbocycles. The second-order valence-corrected chi connectivity index (χ2v) is 19.4. The number of aromatic nitrogens is 1. The highest BCUT2D eigenvalue weighted by Gasteiger charge is 2.43. The lowest BCUT2D eigenvalue weighted by atomic mass is 9.33. The highest BCUT2D eigenvalue weighted by molar-refractivity contribution is 7.26. The summed E-state index contributed by atoms with van der Waals surface area (Å²) in [6.45, 7) is 16.3. The van der Waals surface area contributed by atoms with Crippen LogP contribution in [0.1, 0.15) is 58.2 Å². The largest absolute Gasteiger partial charge is 0.311 e. The molecule has 0 aliphatic carbocycles. The van der Waals surface area contributed by atoms with Crippen molar-refractivity contribution in [2.75, 3.05) is 9.80 Å². The molecule has 0 spiro atoms. The fourth-order valence-corrected chi connectivity index (χ4v) is 10.9. The van der Waals surface area contributed by atoms with Crippen LogP contribution >= 0.6 is 11.3 Å². The minimum absolute atomic E-state index is 0.0117. The lowest BCUT2D eigenvalue weighted by Crippen LogP contribution is -2.60. The van der Waals surface area contributed by atoms with Gasteiger partial charge in [-0.2, -0.15) is 0 Å². The maximum Gasteiger partial charge on any atom is 0.252 e. The maximum absolute atomic E-state index is 2.63. The SMILES string of the molecule is Cc1cc2c3c(c1)-n1c4c(cccc4c4sc5cc(N(c6ccccc6)c6ccccc6)ccc5c41)B3c1ccc(C(C)(C)C)cc1N2c1cccc(C(C)(C)C)c1. The third kappa shape index (κ3) is 5.19. The number of hydrogen-bond acceptors (Lipinski definition) is 3. The topological polar surface area (TPSA) is 11.4 Å². The second-order valence-electron chi connectivity index (χ2n) is 18.4. The molecule has 58 heavy (non-hydrogen) atoms. The predicted octanol–water partition coefficient (Wildman–Crippen LogP) is 13.0. The molecule has 5 heteroatoms. The Morgan fingerprint density at radius 1 is 0.517 bits per heavy atom. The molecule has 2 aliphatic heterocycles. The number of fused-ring (bicyclic) bond motifs is 9. The molecule has 0 amide bonds. The summed E-state index contributed by atoms with van der Waals surface area (Å²) in [7, 11) is 0. The number of rotatable bonds is 4. The zero-order valence-corrected chi connectivity index (χ0v) is 35.1. The highest BCUT2D eigenvalue weighted by Crippen LogP contribution is 2.48. The molecular weight excluding hydrogens is 721 g/mol. The van der Waals surface area contributed by atoms with Crippen LogP contribution in [0, 0.1) is 6.92 Å². The van der Waals surface area contributed by atoms with E-state index in [0.29, 0.717) is 0 Å². The molecule has 0 radical (unpaired) electrons. The fraction of sp³-hybridized carbons (Fsp3) is 0.170. The van der Waals surface area contributed by atoms with E-state index in [-0.39, 0.29) is 17.5 Å². The van der Waals surface area contributed by atoms with Crippen LogP contribution in [0.4, 0.5) is 34.1 Å². The van der Waals surface area contributed by atoms with E-state index in [1.54, 1.807) is 0 Å². The van der Waals surface area contributed by atoms with Gasteiger partial charge in [0.05, 0.1) is 15.7 Å². The van der Waals surface area contributed by atoms with Gasteiger partial charge in [-0.15, -0.1) is 11.3 Å². The van der Waals surface area contributed by atoms with Gasteiger partial charge in [-0.3, -0.25) is 0 Å². The minimum atomic E-state index is 0.0117. The van der Waals surface area contributed by atoms with E-state index in [0.717, 1.165) is 17.1 Å². The highest BCUT2D eigenvalue weighted by atomic mass is 32.1. The maximum atomic E-state index is 2.63. The van der Waals surface area contributed by atoms with E-state index in [1.165, 1.54) is 87.0 Å². The lowest BCUT2D eigenvalue weighted by molar-refractivity contribution is 0.590. The minimum Gasteiger partial charge on any atom is -0.311 e. The Hall–Kier alpha value is -6.04. The van der Waals surface area contributed by atoms with Crippen molar-refractivity contribution in [3.05, 3.63) is 168 Å². The molecule has 9 aromatic rings. The van der Waals surface area contributed by atoms with E-state index < -0.39 is 0 Å². The van der Waals surface area contributed by atoms with Crippen LogP contribution in [0.3, 0.4) is 0 Å². The zero-order chi connectivity index (χ0) is 39.7. The van der Waals surface area contributed by atoms with Crippen LogP contribution in [0.2, 0.25) is 0 Å². The van der Waals surface area contributed by atoms with Gasteiger partial charge in [-0.05, 0) is 124 Å². The Morgan fingerprint density at radius 3 is 1.90 bits per heavy atom. The molecule has 3 nitrogen and oxygen atoms in total. The smallest absolute Gasteiger partial charge is 0.252 e. The van der Waals surface area contributed by atoms with E-state index in [9.17, 15) is 0 Å². The van der Waals surface area contributed by atoms with Crippen molar-refractivity contribution in [2.45, 2.75) is 59.3 Å². The summed E-state index contributed by atoms with van der Waals surface area (Å²) < 4.78 is 5.27. The van der Waals surface area contributed by atoms with E-state index in [2.05, 4.69) is 214 Å². The summed E-state index contributed by atoms with van der Waals surface area (Å²) in [5.74, 6) is 0. The van der Waals surface area contributed by atoms with Crippen molar-refractivity contribution >= 4 is 99.8 Å². The lowest BCUT2D eigenvalue weighted by Gasteiger charge is -2.41. The number of nitrogens with zero attached hydrogens (tertiary/aromatic N) is 3. The molecule has 7 aromatic carbocycles. The average Bonchev–Trinajstić information content (AvgIpc) is 3.74. The number of hydrogen-bond donors (Lipinski definition) is 0. The monoisotopic (exact) mass is 767 g/mol. The molecule has 0 atom stereocenters. The first kappa shape index (κ1) is 35.2. The summed E-state index contributed by atoms with van der Waals surface area (Å²) >= 11 is 1.93. The molecule has 0 N–H and O–H groups in total. The van der Waals surface area contributed by atoms with Crippen molar-refractivity contribution in [3.8, 4) is 5.69 Å². The predicted molar refractivity (Wildman–Crippen MR) is 252 cm³/mol. The van der Waals surface area contributed by atoms with Gasteiger partial charge in [0.15, 0.2) is 0 Å². The van der Waals surface area contributed by atoms with Gasteiger partial charge in [0, 0.05) is 55.3 Å². The van der Waals surface area contributed by atoms with Crippen molar-refractivity contribution in [3.63, 3.8) is 0 Å². The molecular formula is C53H46BN3S. The summed E-state index contributed by atoms with van der Waals surface area (Å²) in [6.07, 6.45) is 0. The average molecular weight is 768 g/mol. The quantitative estimate of drug-likeness (QED) is 0.165. The summed E-state index contributed by atoms with van der Waals surface area (Å²) in [4.78, 5) is 4.94. The molecule has 4 heterocycles. The van der Waals surface area contributed by atoms with E-state index in [4.69, 9.17) is 0 Å². The van der Waals surface area contributed by atoms with Crippen LogP contribution in [-0.2, 0) is 10.8 Å². The number of thiophene rings is 1. The van der Waals surface area contributed by atoms with Gasteiger partial charge in [0.2, 0.25) is 0 Å². The van der Waals surface area contributed by atoms with Crippen molar-refractivity contribution < 1.29 is 0 Å². The molecule has 282 valence electrons. The second kappa shape index (κ2) is 12.5. The first-order chi connectivity index (χ1) is 28.0. The Bertz CT molecular complexity index is 3070. The Morgan fingerprint density at radius 2 is 1.19 bits per heavy atom. The molecule has 2 aromatic heterocycles. The number of benzene rings is 7. The van der Waals surface area contributed by atoms with E-state index >= 15 is 0 Å². The standard InChI is InChI=1S/C53H46BN3S/c1-33-28-45-48-46(29-33)57-49-41(51-50(57)40-26-25-39(32-47(40)58-51)55(36-17-10-8-11-18-36)37-19-12-9-13-20-37)22-15-23-43(49)54(48)42-27-24-35(53(5,6)7)31-44(42)56(45)38-21-14-16-34(30-38)52(2,3)4/h8-32H,1-7H3. The molecule has 0 unspecified atom stereocenters. The number of anilines is 6. The molecule has 11 rings (SSSR count). The third-order valence-electron chi connectivity index (χ3n) is 12.5. The van der Waals surface area contributed by atoms with Crippen LogP contribution in [0.25, 0.3) is 36.9 Å². The summed E-state index contributed by atoms with van der Waals surface area (Å²) in [5.41, 5.74) is 19.3. The Balaban J connectivity index is 1.19. The van der Waals surface area contributed by atoms with Gasteiger partial charge in [-0.25, -0.2) is 0 Å². The van der Waals surface area contributed by atoms with Crippen LogP contribution < -0.4 is 26.2 Å². The Labute approximate surface area is 345 Å². The van der Waals surface area contributed by atoms with Crippen LogP contribution in [0.5, 0.6) is 0 Å². The van der Waals surface area contributed by atoms with Crippen molar-refractivity contribution in [2.24, 2.45) is 0 Å². The van der Waals surface area contributed by atoms with Crippen molar-refractivity contribution in [1.29, 1.82) is 0 Å². The summed E-state index contributed by atoms with van der Waals surface area (Å²) in [5, 5.41) is 2.63. The summed E-state index contributed by atoms with van der Waals surface area (Å²) in [6, 6.07) is 57.0. The first-order valence-electron chi connectivity index (χ1n) is 20.6. The molecule has 0 saturated heterocycles. The van der Waals surface area contributed by atoms with Gasteiger partial charge in [0.1, 0.15) is 0 Å². The van der Waals surface area contributed by atoms with E-state index in [1.807, 2.05) is 11.3 Å². The van der Waals surface area contributed by atoms with Crippen molar-refractivity contribution in [1.82, 2.24) is 4.57 Å². The number of aryl methyl sites for hydroxylation is 1. The molecule has 0 bridgehead atoms. The van der Waals surface area contributed by atoms with Gasteiger partial charge < -0.3 is 14.4 Å². The van der Waals surface area contributed by atoms with Gasteiger partial charge in [0.25, 0.3) is 6.71 Å². The van der Waals surface area contributed by atoms with Gasteiger partial charge >= 0.3 is 0 Å². The Kier molecular flexibility index (Phi) is 7.56. The van der Waals surface area contributed by atoms with Crippen LogP contribution in [-0.4, -0.2) is 11.3 Å². The number of para-hydroxylation sites is 3. The zero-order valence-electron chi connectivity index (χ0n) is 34.3. The normalized spacial score (nSPS) is 13.4. The van der Waals surface area contributed by atoms with Crippen LogP contribution in [0.15, 0.2) is 152 Å².